The Labute approximate surface area is 267 Å². The minimum Gasteiger partial charge on any atom is -0.388 e. The second kappa shape index (κ2) is 18.3. The van der Waals surface area contributed by atoms with Gasteiger partial charge in [-0.2, -0.15) is 0 Å². The Morgan fingerprint density at radius 3 is 2.09 bits per heavy atom. The van der Waals surface area contributed by atoms with Crippen molar-refractivity contribution in [3.8, 4) is 0 Å². The van der Waals surface area contributed by atoms with Gasteiger partial charge in [0.1, 0.15) is 13.3 Å². The molecular weight excluding hydrogens is 558 g/mol. The summed E-state index contributed by atoms with van der Waals surface area (Å²) < 4.78 is 1.97. The third-order valence-electron chi connectivity index (χ3n) is 6.62. The monoisotopic (exact) mass is 603 g/mol. The van der Waals surface area contributed by atoms with Crippen molar-refractivity contribution in [2.24, 2.45) is 7.05 Å². The average molecular weight is 604 g/mol. The number of anilines is 6. The molecule has 2 aromatic heterocycles. The summed E-state index contributed by atoms with van der Waals surface area (Å²) in [6.45, 7) is 8.81. The van der Waals surface area contributed by atoms with Crippen molar-refractivity contribution in [2.75, 3.05) is 55.1 Å². The van der Waals surface area contributed by atoms with Crippen molar-refractivity contribution in [1.82, 2.24) is 5.32 Å². The summed E-state index contributed by atoms with van der Waals surface area (Å²) >= 11 is 0. The lowest BCUT2D eigenvalue weighted by atomic mass is 10.1. The van der Waals surface area contributed by atoms with Gasteiger partial charge in [0.25, 0.3) is 0 Å². The van der Waals surface area contributed by atoms with Crippen LogP contribution in [0.15, 0.2) is 129 Å². The highest BCUT2D eigenvalue weighted by atomic mass is 16.1. The second-order valence-corrected chi connectivity index (χ2v) is 10.3. The molecule has 0 bridgehead atoms. The Morgan fingerprint density at radius 1 is 0.800 bits per heavy atom. The first-order chi connectivity index (χ1) is 21.9. The van der Waals surface area contributed by atoms with Gasteiger partial charge >= 0.3 is 0 Å². The maximum Gasteiger partial charge on any atom is 0.213 e. The van der Waals surface area contributed by atoms with Crippen molar-refractivity contribution >= 4 is 51.3 Å². The smallest absolute Gasteiger partial charge is 0.213 e. The predicted molar refractivity (Wildman–Crippen MR) is 190 cm³/mol. The highest BCUT2D eigenvalue weighted by molar-refractivity contribution is 5.93. The van der Waals surface area contributed by atoms with Crippen LogP contribution in [0.25, 0.3) is 10.9 Å². The molecule has 0 radical (unpaired) electrons. The number of H-pyrrole nitrogens is 1. The highest BCUT2D eigenvalue weighted by Crippen LogP contribution is 2.27. The fourth-order valence-electron chi connectivity index (χ4n) is 4.18. The number of nitrogens with one attached hydrogen (secondary N) is 5. The van der Waals surface area contributed by atoms with Gasteiger partial charge in [-0.05, 0) is 48.5 Å². The van der Waals surface area contributed by atoms with E-state index >= 15 is 0 Å². The van der Waals surface area contributed by atoms with Gasteiger partial charge in [0.05, 0.1) is 16.8 Å². The van der Waals surface area contributed by atoms with Gasteiger partial charge in [-0.3, -0.25) is 4.79 Å². The minimum absolute atomic E-state index is 0.673. The van der Waals surface area contributed by atoms with Gasteiger partial charge in [0, 0.05) is 86.8 Å². The number of carbonyl (C=O) groups excluding carboxylic acids is 1. The fourth-order valence-corrected chi connectivity index (χ4v) is 4.18. The van der Waals surface area contributed by atoms with E-state index in [1.807, 2.05) is 79.7 Å². The van der Waals surface area contributed by atoms with Crippen molar-refractivity contribution in [3.05, 3.63) is 134 Å². The third-order valence-corrected chi connectivity index (χ3v) is 6.62. The predicted octanol–water partition coefficient (Wildman–Crippen LogP) is 6.52. The van der Waals surface area contributed by atoms with Crippen LogP contribution in [0.2, 0.25) is 0 Å². The number of aromatic amines is 1. The van der Waals surface area contributed by atoms with Crippen LogP contribution < -0.4 is 35.7 Å². The Balaban J connectivity index is 0.000000210. The summed E-state index contributed by atoms with van der Waals surface area (Å²) in [6, 6.07) is 28.1. The summed E-state index contributed by atoms with van der Waals surface area (Å²) in [5, 5.41) is 14.1. The average Bonchev–Trinajstić information content (AvgIpc) is 3.07. The van der Waals surface area contributed by atoms with Gasteiger partial charge in [0.2, 0.25) is 5.52 Å². The number of pyridine rings is 2. The molecule has 0 spiro atoms. The molecule has 0 saturated carbocycles. The van der Waals surface area contributed by atoms with E-state index in [4.69, 9.17) is 0 Å². The molecule has 5 rings (SSSR count). The Bertz CT molecular complexity index is 1640. The van der Waals surface area contributed by atoms with Gasteiger partial charge in [-0.1, -0.05) is 24.3 Å². The van der Waals surface area contributed by atoms with Gasteiger partial charge in [-0.25, -0.2) is 9.55 Å². The van der Waals surface area contributed by atoms with Gasteiger partial charge in [-0.15, -0.1) is 13.2 Å². The molecule has 0 aliphatic rings. The van der Waals surface area contributed by atoms with Crippen LogP contribution in [0.5, 0.6) is 0 Å². The minimum atomic E-state index is 0.673. The van der Waals surface area contributed by atoms with E-state index in [1.165, 1.54) is 11.1 Å². The summed E-state index contributed by atoms with van der Waals surface area (Å²) in [5.74, 6) is 0. The highest BCUT2D eigenvalue weighted by Gasteiger charge is 2.09. The molecule has 0 fully saturated rings. The number of hydrogen-bond donors (Lipinski definition) is 4. The second-order valence-electron chi connectivity index (χ2n) is 10.3. The van der Waals surface area contributed by atoms with Crippen molar-refractivity contribution in [3.63, 3.8) is 0 Å². The third kappa shape index (κ3) is 11.3. The van der Waals surface area contributed by atoms with E-state index < -0.39 is 0 Å². The molecule has 3 aromatic carbocycles. The number of aryl methyl sites for hydroxylation is 1. The summed E-state index contributed by atoms with van der Waals surface area (Å²) in [5.41, 5.74) is 8.15. The van der Waals surface area contributed by atoms with Crippen LogP contribution in [-0.2, 0) is 7.05 Å². The lowest BCUT2D eigenvalue weighted by Crippen LogP contribution is -2.25. The van der Waals surface area contributed by atoms with E-state index in [2.05, 4.69) is 107 Å². The van der Waals surface area contributed by atoms with E-state index in [-0.39, 0.29) is 0 Å². The molecule has 45 heavy (non-hydrogen) atoms. The lowest BCUT2D eigenvalue weighted by Gasteiger charge is -2.13. The topological polar surface area (TPSA) is 86.4 Å². The number of rotatable bonds is 11. The number of aromatic nitrogens is 2. The zero-order valence-electron chi connectivity index (χ0n) is 26.7. The van der Waals surface area contributed by atoms with Crippen LogP contribution in [-0.4, -0.2) is 40.5 Å². The lowest BCUT2D eigenvalue weighted by molar-refractivity contribution is -0.671. The molecule has 8 heteroatoms. The normalized spacial score (nSPS) is 9.87. The summed E-state index contributed by atoms with van der Waals surface area (Å²) in [6.07, 6.45) is 10.4. The molecule has 2 heterocycles. The first-order valence-corrected chi connectivity index (χ1v) is 14.7. The van der Waals surface area contributed by atoms with Crippen LogP contribution in [0, 0.1) is 0 Å². The van der Waals surface area contributed by atoms with Crippen molar-refractivity contribution in [2.45, 2.75) is 0 Å². The Morgan fingerprint density at radius 2 is 1.47 bits per heavy atom. The number of carbonyl (C=O) groups is 1. The first-order valence-electron chi connectivity index (χ1n) is 14.7. The largest absolute Gasteiger partial charge is 0.388 e. The zero-order valence-corrected chi connectivity index (χ0v) is 26.7. The fraction of sp³-hybridized carbons (Fsp3) is 0.162. The molecule has 0 unspecified atom stereocenters. The number of aldehydes is 1. The van der Waals surface area contributed by atoms with Crippen LogP contribution in [0.4, 0.5) is 34.1 Å². The molecule has 0 atom stereocenters. The Kier molecular flexibility index (Phi) is 13.8. The van der Waals surface area contributed by atoms with Crippen molar-refractivity contribution < 1.29 is 14.3 Å². The number of nitrogens with zero attached hydrogens (tertiary/aromatic N) is 2. The van der Waals surface area contributed by atoms with Crippen LogP contribution in [0.3, 0.4) is 0 Å². The molecule has 5 aromatic rings. The maximum atomic E-state index is 10.6. The van der Waals surface area contributed by atoms with Gasteiger partial charge < -0.3 is 26.2 Å². The summed E-state index contributed by atoms with van der Waals surface area (Å²) in [4.78, 5) is 16.0. The molecule has 0 aliphatic carbocycles. The first kappa shape index (κ1) is 34.0. The molecule has 0 saturated heterocycles. The van der Waals surface area contributed by atoms with Crippen LogP contribution >= 0.6 is 0 Å². The quantitative estimate of drug-likeness (QED) is 0.0595. The molecule has 5 N–H and O–H groups in total. The molecule has 232 valence electrons. The SMILES string of the molecule is C=CCNCC=C.CNc1ccc(Nc2cc[nH+]c3ccc(N(C)C)cc23)cc1.C[n+]1ccc(Nc2cccc(C=O)c2)cc1. The standard InChI is InChI=1S/C18H20N4.C13H12N2O.C6H11N/c1-19-13-4-6-14(7-5-13)21-18-10-11-20-17-9-8-15(22(2)3)12-16(17)18;1-15-7-5-12(6-8-15)14-13-4-2-3-11(9-13)10-16;1-3-5-7-6-4-2/h4-12,19H,1-3H3,(H,20,21);2-10H,1H3;3-4,7H,1-2,5-6H2/p+2. The summed E-state index contributed by atoms with van der Waals surface area (Å²) in [7, 11) is 8.00. The van der Waals surface area contributed by atoms with Gasteiger partial charge in [0.15, 0.2) is 18.6 Å². The van der Waals surface area contributed by atoms with E-state index in [1.54, 1.807) is 6.07 Å². The number of fused-ring (bicyclic) bond motifs is 1. The number of hydrogen-bond acceptors (Lipinski definition) is 6. The van der Waals surface area contributed by atoms with E-state index in [9.17, 15) is 4.79 Å². The number of benzene rings is 3. The van der Waals surface area contributed by atoms with E-state index in [0.717, 1.165) is 53.3 Å². The molecule has 0 amide bonds. The molecular formula is C37H45N7O+2. The molecule has 8 nitrogen and oxygen atoms in total. The van der Waals surface area contributed by atoms with Crippen LogP contribution in [0.1, 0.15) is 10.4 Å². The zero-order chi connectivity index (χ0) is 32.4. The molecule has 0 aliphatic heterocycles. The van der Waals surface area contributed by atoms with E-state index in [0.29, 0.717) is 5.56 Å². The Hall–Kier alpha value is -5.47. The maximum absolute atomic E-state index is 10.6. The van der Waals surface area contributed by atoms with Crippen molar-refractivity contribution in [1.29, 1.82) is 0 Å².